The summed E-state index contributed by atoms with van der Waals surface area (Å²) in [6.07, 6.45) is 2.05. The highest BCUT2D eigenvalue weighted by Crippen LogP contribution is 2.13. The van der Waals surface area contributed by atoms with Gasteiger partial charge in [0.25, 0.3) is 0 Å². The maximum absolute atomic E-state index is 12.3. The third-order valence-electron chi connectivity index (χ3n) is 5.07. The molecule has 1 atom stereocenters. The van der Waals surface area contributed by atoms with Crippen molar-refractivity contribution in [2.45, 2.75) is 39.7 Å². The van der Waals surface area contributed by atoms with Crippen molar-refractivity contribution < 1.29 is 9.53 Å². The molecule has 1 aromatic carbocycles. The molecule has 7 nitrogen and oxygen atoms in total. The Bertz CT molecular complexity index is 656. The molecule has 1 aromatic rings. The van der Waals surface area contributed by atoms with Gasteiger partial charge < -0.3 is 20.7 Å². The fourth-order valence-electron chi connectivity index (χ4n) is 3.52. The van der Waals surface area contributed by atoms with Gasteiger partial charge in [0.05, 0.1) is 19.8 Å². The van der Waals surface area contributed by atoms with Crippen LogP contribution in [0.5, 0.6) is 0 Å². The molecule has 7 heteroatoms. The molecule has 1 heterocycles. The summed E-state index contributed by atoms with van der Waals surface area (Å²) in [5.41, 5.74) is 2.02. The minimum atomic E-state index is -0.0897. The molecule has 0 saturated carbocycles. The van der Waals surface area contributed by atoms with Crippen molar-refractivity contribution in [2.75, 3.05) is 51.8 Å². The number of guanidine groups is 1. The maximum atomic E-state index is 12.3. The summed E-state index contributed by atoms with van der Waals surface area (Å²) in [4.78, 5) is 19.0. The molecule has 29 heavy (non-hydrogen) atoms. The second-order valence-electron chi connectivity index (χ2n) is 7.84. The lowest BCUT2D eigenvalue weighted by atomic mass is 10.0. The number of hydrogen-bond donors (Lipinski definition) is 3. The number of aryl methyl sites for hydroxylation is 1. The SMILES string of the molecule is CCc1cccc(NC(=O)CNC(=NC)NCC(CC(C)C)N2CCOCC2)c1. The topological polar surface area (TPSA) is 78.0 Å². The average molecular weight is 404 g/mol. The molecule has 1 aliphatic rings. The van der Waals surface area contributed by atoms with Crippen LogP contribution in [0.4, 0.5) is 5.69 Å². The summed E-state index contributed by atoms with van der Waals surface area (Å²) >= 11 is 0. The molecule has 0 aliphatic carbocycles. The zero-order valence-corrected chi connectivity index (χ0v) is 18.3. The molecule has 2 rings (SSSR count). The Kier molecular flexibility index (Phi) is 9.94. The van der Waals surface area contributed by atoms with Crippen molar-refractivity contribution in [3.05, 3.63) is 29.8 Å². The van der Waals surface area contributed by atoms with E-state index in [2.05, 4.69) is 52.7 Å². The van der Waals surface area contributed by atoms with E-state index in [0.29, 0.717) is 17.9 Å². The lowest BCUT2D eigenvalue weighted by Gasteiger charge is -2.35. The summed E-state index contributed by atoms with van der Waals surface area (Å²) in [5.74, 6) is 1.17. The van der Waals surface area contributed by atoms with E-state index in [1.54, 1.807) is 7.05 Å². The summed E-state index contributed by atoms with van der Waals surface area (Å²) in [7, 11) is 1.73. The van der Waals surface area contributed by atoms with E-state index in [1.165, 1.54) is 5.56 Å². The van der Waals surface area contributed by atoms with E-state index >= 15 is 0 Å². The number of rotatable bonds is 9. The van der Waals surface area contributed by atoms with E-state index in [4.69, 9.17) is 4.74 Å². The Morgan fingerprint density at radius 3 is 2.66 bits per heavy atom. The second-order valence-corrected chi connectivity index (χ2v) is 7.84. The zero-order chi connectivity index (χ0) is 21.1. The summed E-state index contributed by atoms with van der Waals surface area (Å²) < 4.78 is 5.49. The van der Waals surface area contributed by atoms with E-state index in [1.807, 2.05) is 18.2 Å². The van der Waals surface area contributed by atoms with Gasteiger partial charge in [-0.1, -0.05) is 32.9 Å². The molecule has 0 bridgehead atoms. The highest BCUT2D eigenvalue weighted by Gasteiger charge is 2.22. The number of benzene rings is 1. The second kappa shape index (κ2) is 12.4. The highest BCUT2D eigenvalue weighted by atomic mass is 16.5. The molecular weight excluding hydrogens is 366 g/mol. The fraction of sp³-hybridized carbons (Fsp3) is 0.636. The standard InChI is InChI=1S/C22H37N5O2/c1-5-18-7-6-8-19(14-18)26-21(28)16-25-22(23-4)24-15-20(13-17(2)3)27-9-11-29-12-10-27/h6-8,14,17,20H,5,9-13,15-16H2,1-4H3,(H,26,28)(H2,23,24,25). The van der Waals surface area contributed by atoms with Crippen LogP contribution >= 0.6 is 0 Å². The van der Waals surface area contributed by atoms with E-state index in [-0.39, 0.29) is 12.5 Å². The van der Waals surface area contributed by atoms with Crippen LogP contribution in [0.1, 0.15) is 32.8 Å². The number of amides is 1. The molecule has 3 N–H and O–H groups in total. The largest absolute Gasteiger partial charge is 0.379 e. The number of nitrogens with zero attached hydrogens (tertiary/aromatic N) is 2. The number of hydrogen-bond acceptors (Lipinski definition) is 4. The third-order valence-corrected chi connectivity index (χ3v) is 5.07. The quantitative estimate of drug-likeness (QED) is 0.435. The van der Waals surface area contributed by atoms with Crippen LogP contribution in [0, 0.1) is 5.92 Å². The Hall–Kier alpha value is -2.12. The van der Waals surface area contributed by atoms with Crippen LogP contribution in [-0.4, -0.2) is 69.2 Å². The first-order chi connectivity index (χ1) is 14.0. The molecule has 162 valence electrons. The van der Waals surface area contributed by atoms with Gasteiger partial charge in [0.1, 0.15) is 0 Å². The molecule has 0 radical (unpaired) electrons. The van der Waals surface area contributed by atoms with Gasteiger partial charge in [0.2, 0.25) is 5.91 Å². The van der Waals surface area contributed by atoms with Crippen molar-refractivity contribution in [1.29, 1.82) is 0 Å². The number of carbonyl (C=O) groups is 1. The summed E-state index contributed by atoms with van der Waals surface area (Å²) in [6, 6.07) is 8.35. The predicted octanol–water partition coefficient (Wildman–Crippen LogP) is 2.10. The normalized spacial score (nSPS) is 16.5. The molecule has 1 aliphatic heterocycles. The maximum Gasteiger partial charge on any atom is 0.243 e. The molecule has 0 aromatic heterocycles. The van der Waals surface area contributed by atoms with Gasteiger partial charge in [-0.2, -0.15) is 0 Å². The van der Waals surface area contributed by atoms with Crippen LogP contribution in [0.25, 0.3) is 0 Å². The lowest BCUT2D eigenvalue weighted by Crippen LogP contribution is -2.51. The first-order valence-electron chi connectivity index (χ1n) is 10.7. The fourth-order valence-corrected chi connectivity index (χ4v) is 3.52. The monoisotopic (exact) mass is 403 g/mol. The molecule has 1 unspecified atom stereocenters. The zero-order valence-electron chi connectivity index (χ0n) is 18.3. The number of nitrogens with one attached hydrogen (secondary N) is 3. The number of ether oxygens (including phenoxy) is 1. The summed E-state index contributed by atoms with van der Waals surface area (Å²) in [6.45, 7) is 11.1. The predicted molar refractivity (Wildman–Crippen MR) is 119 cm³/mol. The lowest BCUT2D eigenvalue weighted by molar-refractivity contribution is -0.115. The minimum Gasteiger partial charge on any atom is -0.379 e. The van der Waals surface area contributed by atoms with E-state index < -0.39 is 0 Å². The van der Waals surface area contributed by atoms with E-state index in [0.717, 1.165) is 51.4 Å². The highest BCUT2D eigenvalue weighted by molar-refractivity contribution is 5.95. The minimum absolute atomic E-state index is 0.0897. The molecular formula is C22H37N5O2. The Labute approximate surface area is 175 Å². The van der Waals surface area contributed by atoms with Crippen LogP contribution in [0.2, 0.25) is 0 Å². The molecule has 0 spiro atoms. The molecule has 1 fully saturated rings. The first-order valence-corrected chi connectivity index (χ1v) is 10.7. The Morgan fingerprint density at radius 1 is 1.24 bits per heavy atom. The van der Waals surface area contributed by atoms with Crippen LogP contribution < -0.4 is 16.0 Å². The van der Waals surface area contributed by atoms with Crippen molar-refractivity contribution in [1.82, 2.24) is 15.5 Å². The average Bonchev–Trinajstić information content (AvgIpc) is 2.73. The number of morpholine rings is 1. The third kappa shape index (κ3) is 8.41. The van der Waals surface area contributed by atoms with E-state index in [9.17, 15) is 4.79 Å². The smallest absolute Gasteiger partial charge is 0.243 e. The first kappa shape index (κ1) is 23.2. The molecule has 1 saturated heterocycles. The van der Waals surface area contributed by atoms with Gasteiger partial charge in [0.15, 0.2) is 5.96 Å². The van der Waals surface area contributed by atoms with Gasteiger partial charge in [-0.3, -0.25) is 14.7 Å². The number of carbonyl (C=O) groups excluding carboxylic acids is 1. The van der Waals surface area contributed by atoms with Gasteiger partial charge in [-0.15, -0.1) is 0 Å². The van der Waals surface area contributed by atoms with Crippen molar-refractivity contribution in [2.24, 2.45) is 10.9 Å². The van der Waals surface area contributed by atoms with Crippen LogP contribution in [0.15, 0.2) is 29.3 Å². The van der Waals surface area contributed by atoms with Crippen molar-refractivity contribution in [3.63, 3.8) is 0 Å². The Balaban J connectivity index is 1.81. The van der Waals surface area contributed by atoms with Crippen LogP contribution in [-0.2, 0) is 16.0 Å². The van der Waals surface area contributed by atoms with Gasteiger partial charge in [-0.25, -0.2) is 0 Å². The Morgan fingerprint density at radius 2 is 2.00 bits per heavy atom. The summed E-state index contributed by atoms with van der Waals surface area (Å²) in [5, 5.41) is 9.43. The van der Waals surface area contributed by atoms with Gasteiger partial charge in [-0.05, 0) is 36.5 Å². The van der Waals surface area contributed by atoms with Crippen LogP contribution in [0.3, 0.4) is 0 Å². The van der Waals surface area contributed by atoms with Gasteiger partial charge in [0, 0.05) is 38.4 Å². The number of aliphatic imine (C=N–C) groups is 1. The number of anilines is 1. The van der Waals surface area contributed by atoms with Gasteiger partial charge >= 0.3 is 0 Å². The molecule has 1 amide bonds. The van der Waals surface area contributed by atoms with Crippen molar-refractivity contribution in [3.8, 4) is 0 Å². The van der Waals surface area contributed by atoms with Crippen molar-refractivity contribution >= 4 is 17.6 Å².